The third kappa shape index (κ3) is 3.58. The second kappa shape index (κ2) is 6.63. The van der Waals surface area contributed by atoms with Gasteiger partial charge in [-0.3, -0.25) is 9.59 Å². The molecule has 2 aromatic carbocycles. The van der Waals surface area contributed by atoms with Crippen LogP contribution < -0.4 is 10.7 Å². The van der Waals surface area contributed by atoms with Crippen LogP contribution in [0, 0.1) is 5.82 Å². The van der Waals surface area contributed by atoms with Crippen molar-refractivity contribution in [3.8, 4) is 0 Å². The Balaban J connectivity index is 1.88. The summed E-state index contributed by atoms with van der Waals surface area (Å²) in [6.45, 7) is -0.0491. The molecule has 0 unspecified atom stereocenters. The summed E-state index contributed by atoms with van der Waals surface area (Å²) >= 11 is 11.8. The highest BCUT2D eigenvalue weighted by Crippen LogP contribution is 2.22. The van der Waals surface area contributed by atoms with Crippen LogP contribution in [-0.2, 0) is 11.3 Å². The van der Waals surface area contributed by atoms with Gasteiger partial charge in [-0.2, -0.15) is 0 Å². The molecule has 1 N–H and O–H groups in total. The van der Waals surface area contributed by atoms with Crippen molar-refractivity contribution in [1.29, 1.82) is 0 Å². The first-order valence-corrected chi connectivity index (χ1v) is 7.72. The van der Waals surface area contributed by atoms with Crippen LogP contribution in [-0.4, -0.2) is 10.5 Å². The van der Waals surface area contributed by atoms with Crippen molar-refractivity contribution >= 4 is 45.7 Å². The van der Waals surface area contributed by atoms with Gasteiger partial charge in [0.05, 0.1) is 5.52 Å². The minimum Gasteiger partial charge on any atom is -0.338 e. The molecule has 0 radical (unpaired) electrons. The molecule has 122 valence electrons. The van der Waals surface area contributed by atoms with Gasteiger partial charge in [-0.15, -0.1) is 0 Å². The van der Waals surface area contributed by atoms with Gasteiger partial charge in [0.25, 0.3) is 0 Å². The van der Waals surface area contributed by atoms with Crippen LogP contribution in [0.3, 0.4) is 0 Å². The number of amides is 1. The average Bonchev–Trinajstić information content (AvgIpc) is 2.49. The maximum absolute atomic E-state index is 13.3. The van der Waals surface area contributed by atoms with E-state index in [0.29, 0.717) is 21.2 Å². The molecule has 0 aliphatic carbocycles. The zero-order valence-electron chi connectivity index (χ0n) is 12.2. The van der Waals surface area contributed by atoms with E-state index < -0.39 is 5.82 Å². The predicted octanol–water partition coefficient (Wildman–Crippen LogP) is 4.09. The Labute approximate surface area is 146 Å². The van der Waals surface area contributed by atoms with Crippen molar-refractivity contribution in [2.75, 3.05) is 5.32 Å². The molecule has 0 saturated heterocycles. The largest absolute Gasteiger partial charge is 0.338 e. The number of hydrogen-bond acceptors (Lipinski definition) is 2. The highest BCUT2D eigenvalue weighted by Gasteiger charge is 2.09. The van der Waals surface area contributed by atoms with E-state index in [1.807, 2.05) is 0 Å². The van der Waals surface area contributed by atoms with Gasteiger partial charge in [-0.25, -0.2) is 4.39 Å². The van der Waals surface area contributed by atoms with E-state index in [0.717, 1.165) is 6.07 Å². The highest BCUT2D eigenvalue weighted by molar-refractivity contribution is 6.35. The summed E-state index contributed by atoms with van der Waals surface area (Å²) in [7, 11) is 0. The van der Waals surface area contributed by atoms with E-state index in [1.165, 1.54) is 24.4 Å². The van der Waals surface area contributed by atoms with Crippen LogP contribution in [0.25, 0.3) is 10.9 Å². The molecule has 3 aromatic rings. The Morgan fingerprint density at radius 2 is 1.79 bits per heavy atom. The molecule has 0 spiro atoms. The predicted molar refractivity (Wildman–Crippen MR) is 93.3 cm³/mol. The number of hydrogen-bond donors (Lipinski definition) is 1. The molecule has 7 heteroatoms. The lowest BCUT2D eigenvalue weighted by molar-refractivity contribution is -0.116. The van der Waals surface area contributed by atoms with E-state index in [-0.39, 0.29) is 23.3 Å². The Hall–Kier alpha value is -2.37. The Morgan fingerprint density at radius 3 is 2.50 bits per heavy atom. The lowest BCUT2D eigenvalue weighted by atomic mass is 10.2. The number of aromatic nitrogens is 1. The minimum atomic E-state index is -0.504. The van der Waals surface area contributed by atoms with E-state index in [1.54, 1.807) is 22.8 Å². The van der Waals surface area contributed by atoms with E-state index in [4.69, 9.17) is 23.2 Å². The molecule has 0 saturated carbocycles. The van der Waals surface area contributed by atoms with Gasteiger partial charge in [0.15, 0.2) is 5.43 Å². The average molecular weight is 365 g/mol. The summed E-state index contributed by atoms with van der Waals surface area (Å²) in [5, 5.41) is 3.71. The van der Waals surface area contributed by atoms with E-state index >= 15 is 0 Å². The van der Waals surface area contributed by atoms with Crippen molar-refractivity contribution in [3.63, 3.8) is 0 Å². The van der Waals surface area contributed by atoms with Gasteiger partial charge >= 0.3 is 0 Å². The van der Waals surface area contributed by atoms with Crippen molar-refractivity contribution < 1.29 is 9.18 Å². The monoisotopic (exact) mass is 364 g/mol. The summed E-state index contributed by atoms with van der Waals surface area (Å²) in [5.41, 5.74) is 0.639. The van der Waals surface area contributed by atoms with Crippen LogP contribution in [0.15, 0.2) is 53.5 Å². The molecule has 0 fully saturated rings. The number of fused-ring (bicyclic) bond motifs is 1. The van der Waals surface area contributed by atoms with Crippen LogP contribution in [0.1, 0.15) is 0 Å². The second-order valence-electron chi connectivity index (χ2n) is 5.18. The second-order valence-corrected chi connectivity index (χ2v) is 6.05. The lowest BCUT2D eigenvalue weighted by Gasteiger charge is -2.11. The molecule has 4 nitrogen and oxygen atoms in total. The quantitative estimate of drug-likeness (QED) is 0.760. The first-order valence-electron chi connectivity index (χ1n) is 6.97. The van der Waals surface area contributed by atoms with Crippen LogP contribution in [0.2, 0.25) is 10.0 Å². The van der Waals surface area contributed by atoms with Gasteiger partial charge in [0.1, 0.15) is 12.4 Å². The van der Waals surface area contributed by atoms with Crippen LogP contribution >= 0.6 is 23.2 Å². The summed E-state index contributed by atoms with van der Waals surface area (Å²) in [6.07, 6.45) is 1.49. The van der Waals surface area contributed by atoms with E-state index in [9.17, 15) is 14.0 Å². The van der Waals surface area contributed by atoms with Crippen LogP contribution in [0.5, 0.6) is 0 Å². The molecule has 0 aliphatic heterocycles. The molecule has 1 aromatic heterocycles. The fourth-order valence-electron chi connectivity index (χ4n) is 2.40. The fourth-order valence-corrected chi connectivity index (χ4v) is 2.93. The van der Waals surface area contributed by atoms with Gasteiger partial charge in [-0.05, 0) is 36.4 Å². The number of rotatable bonds is 3. The molecule has 1 heterocycles. The Kier molecular flexibility index (Phi) is 4.55. The molecule has 24 heavy (non-hydrogen) atoms. The topological polar surface area (TPSA) is 51.1 Å². The maximum atomic E-state index is 13.3. The zero-order valence-corrected chi connectivity index (χ0v) is 13.7. The van der Waals surface area contributed by atoms with Crippen molar-refractivity contribution in [2.24, 2.45) is 0 Å². The number of halogens is 3. The van der Waals surface area contributed by atoms with Crippen LogP contribution in [0.4, 0.5) is 10.1 Å². The number of nitrogens with zero attached hydrogens (tertiary/aromatic N) is 1. The first-order chi connectivity index (χ1) is 11.4. The number of nitrogens with one attached hydrogen (secondary N) is 1. The molecular weight excluding hydrogens is 354 g/mol. The number of benzene rings is 2. The van der Waals surface area contributed by atoms with Gasteiger partial charge in [-0.1, -0.05) is 23.2 Å². The third-order valence-corrected chi connectivity index (χ3v) is 3.84. The Morgan fingerprint density at radius 1 is 1.08 bits per heavy atom. The number of carbonyl (C=O) groups is 1. The number of anilines is 1. The molecule has 0 aliphatic rings. The molecule has 3 rings (SSSR count). The van der Waals surface area contributed by atoms with E-state index in [2.05, 4.69) is 5.32 Å². The van der Waals surface area contributed by atoms with Gasteiger partial charge in [0, 0.05) is 33.4 Å². The SMILES string of the molecule is O=C(Cn1ccc(=O)c2cc(F)ccc21)Nc1cc(Cl)cc(Cl)c1. The van der Waals surface area contributed by atoms with Gasteiger partial charge < -0.3 is 9.88 Å². The molecule has 1 amide bonds. The summed E-state index contributed by atoms with van der Waals surface area (Å²) in [5.74, 6) is -0.835. The first kappa shape index (κ1) is 16.5. The number of pyridine rings is 1. The van der Waals surface area contributed by atoms with Crippen molar-refractivity contribution in [2.45, 2.75) is 6.54 Å². The summed E-state index contributed by atoms with van der Waals surface area (Å²) in [4.78, 5) is 24.1. The minimum absolute atomic E-state index is 0.0491. The number of carbonyl (C=O) groups excluding carboxylic acids is 1. The lowest BCUT2D eigenvalue weighted by Crippen LogP contribution is -2.20. The summed E-state index contributed by atoms with van der Waals surface area (Å²) < 4.78 is 14.9. The highest BCUT2D eigenvalue weighted by atomic mass is 35.5. The summed E-state index contributed by atoms with van der Waals surface area (Å²) in [6, 6.07) is 9.87. The standard InChI is InChI=1S/C17H11Cl2FN2O2/c18-10-5-11(19)7-13(6-10)21-17(24)9-22-4-3-16(23)14-8-12(20)1-2-15(14)22/h1-8H,9H2,(H,21,24). The van der Waals surface area contributed by atoms with Crippen molar-refractivity contribution in [1.82, 2.24) is 4.57 Å². The fraction of sp³-hybridized carbons (Fsp3) is 0.0588. The molecular formula is C17H11Cl2FN2O2. The molecule has 0 bridgehead atoms. The van der Waals surface area contributed by atoms with Gasteiger partial charge in [0.2, 0.25) is 5.91 Å². The third-order valence-electron chi connectivity index (χ3n) is 3.40. The Bertz CT molecular complexity index is 981. The zero-order chi connectivity index (χ0) is 17.3. The smallest absolute Gasteiger partial charge is 0.244 e. The van der Waals surface area contributed by atoms with Crippen molar-refractivity contribution in [3.05, 3.63) is 74.7 Å². The normalized spacial score (nSPS) is 10.8. The maximum Gasteiger partial charge on any atom is 0.244 e. The molecule has 0 atom stereocenters.